The summed E-state index contributed by atoms with van der Waals surface area (Å²) >= 11 is 1.54. The van der Waals surface area contributed by atoms with Crippen molar-refractivity contribution in [3.8, 4) is 0 Å². The molecule has 1 saturated carbocycles. The molecule has 1 atom stereocenters. The van der Waals surface area contributed by atoms with Crippen LogP contribution < -0.4 is 5.32 Å². The second-order valence-electron chi connectivity index (χ2n) is 5.62. The molecule has 114 valence electrons. The van der Waals surface area contributed by atoms with E-state index in [4.69, 9.17) is 0 Å². The fourth-order valence-electron chi connectivity index (χ4n) is 2.32. The molecule has 1 unspecified atom stereocenters. The Bertz CT molecular complexity index is 502. The van der Waals surface area contributed by atoms with E-state index in [0.29, 0.717) is 5.75 Å². The van der Waals surface area contributed by atoms with E-state index < -0.39 is 11.5 Å². The predicted octanol–water partition coefficient (Wildman–Crippen LogP) is 2.33. The van der Waals surface area contributed by atoms with Crippen molar-refractivity contribution in [3.63, 3.8) is 0 Å². The largest absolute Gasteiger partial charge is 0.480 e. The minimum atomic E-state index is -1.10. The third-order valence-corrected chi connectivity index (χ3v) is 4.81. The number of carboxylic acid groups (broad SMARTS) is 1. The first-order valence-electron chi connectivity index (χ1n) is 7.18. The van der Waals surface area contributed by atoms with Crippen LogP contribution in [0.1, 0.15) is 25.3 Å². The van der Waals surface area contributed by atoms with Crippen LogP contribution in [0.25, 0.3) is 0 Å². The first-order chi connectivity index (χ1) is 10.0. The molecule has 1 amide bonds. The standard InChI is InChI=1S/C16H21NO3S/c1-16(15(19)20,13-7-8-13)17-14(18)11-21-10-9-12-5-3-2-4-6-12/h2-6,13H,7-11H2,1H3,(H,17,18)(H,19,20). The number of hydrogen-bond acceptors (Lipinski definition) is 3. The molecule has 0 bridgehead atoms. The Labute approximate surface area is 129 Å². The molecule has 2 rings (SSSR count). The SMILES string of the molecule is CC(NC(=O)CSCCc1ccccc1)(C(=O)O)C1CC1. The number of carbonyl (C=O) groups excluding carboxylic acids is 1. The van der Waals surface area contributed by atoms with Gasteiger partial charge in [0.2, 0.25) is 5.91 Å². The summed E-state index contributed by atoms with van der Waals surface area (Å²) in [6.07, 6.45) is 2.67. The summed E-state index contributed by atoms with van der Waals surface area (Å²) in [6, 6.07) is 10.1. The van der Waals surface area contributed by atoms with Gasteiger partial charge in [-0.3, -0.25) is 4.79 Å². The Morgan fingerprint density at radius 2 is 2.00 bits per heavy atom. The number of rotatable bonds is 8. The second kappa shape index (κ2) is 6.98. The third-order valence-electron chi connectivity index (χ3n) is 3.85. The smallest absolute Gasteiger partial charge is 0.329 e. The molecular formula is C16H21NO3S. The van der Waals surface area contributed by atoms with Crippen molar-refractivity contribution in [1.29, 1.82) is 0 Å². The molecule has 0 saturated heterocycles. The fourth-order valence-corrected chi connectivity index (χ4v) is 3.10. The lowest BCUT2D eigenvalue weighted by atomic mass is 9.96. The fraction of sp³-hybridized carbons (Fsp3) is 0.500. The Kier molecular flexibility index (Phi) is 5.28. The van der Waals surface area contributed by atoms with Crippen molar-refractivity contribution < 1.29 is 14.7 Å². The zero-order valence-electron chi connectivity index (χ0n) is 12.2. The van der Waals surface area contributed by atoms with E-state index in [2.05, 4.69) is 17.4 Å². The van der Waals surface area contributed by atoms with Crippen LogP contribution in [-0.4, -0.2) is 34.0 Å². The first kappa shape index (κ1) is 15.9. The molecule has 2 N–H and O–H groups in total. The normalized spacial score (nSPS) is 17.0. The molecular weight excluding hydrogens is 286 g/mol. The molecule has 1 fully saturated rings. The molecule has 0 heterocycles. The van der Waals surface area contributed by atoms with Crippen LogP contribution in [0.3, 0.4) is 0 Å². The first-order valence-corrected chi connectivity index (χ1v) is 8.34. The van der Waals surface area contributed by atoms with E-state index in [1.807, 2.05) is 18.2 Å². The van der Waals surface area contributed by atoms with Gasteiger partial charge in [0.05, 0.1) is 5.75 Å². The van der Waals surface area contributed by atoms with Gasteiger partial charge >= 0.3 is 5.97 Å². The minimum Gasteiger partial charge on any atom is -0.480 e. The van der Waals surface area contributed by atoms with Gasteiger partial charge in [0, 0.05) is 0 Å². The average Bonchev–Trinajstić information content (AvgIpc) is 3.29. The second-order valence-corrected chi connectivity index (χ2v) is 6.72. The zero-order chi connectivity index (χ0) is 15.3. The minimum absolute atomic E-state index is 0.0771. The maximum Gasteiger partial charge on any atom is 0.329 e. The quantitative estimate of drug-likeness (QED) is 0.723. The lowest BCUT2D eigenvalue weighted by molar-refractivity contribution is -0.147. The van der Waals surface area contributed by atoms with Gasteiger partial charge in [0.1, 0.15) is 5.54 Å². The molecule has 1 aromatic carbocycles. The van der Waals surface area contributed by atoms with Crippen molar-refractivity contribution >= 4 is 23.6 Å². The number of nitrogens with one attached hydrogen (secondary N) is 1. The van der Waals surface area contributed by atoms with E-state index >= 15 is 0 Å². The molecule has 1 aliphatic rings. The molecule has 0 aromatic heterocycles. The molecule has 4 nitrogen and oxygen atoms in total. The van der Waals surface area contributed by atoms with Gasteiger partial charge in [-0.15, -0.1) is 0 Å². The molecule has 5 heteroatoms. The lowest BCUT2D eigenvalue weighted by Gasteiger charge is -2.26. The van der Waals surface area contributed by atoms with E-state index in [-0.39, 0.29) is 11.8 Å². The van der Waals surface area contributed by atoms with Gasteiger partial charge in [-0.2, -0.15) is 11.8 Å². The highest BCUT2D eigenvalue weighted by Crippen LogP contribution is 2.39. The van der Waals surface area contributed by atoms with Crippen LogP contribution in [0.4, 0.5) is 0 Å². The molecule has 0 spiro atoms. The van der Waals surface area contributed by atoms with Crippen LogP contribution in [0, 0.1) is 5.92 Å². The maximum atomic E-state index is 11.9. The number of aryl methyl sites for hydroxylation is 1. The van der Waals surface area contributed by atoms with Crippen LogP contribution in [0.5, 0.6) is 0 Å². The number of hydrogen-bond donors (Lipinski definition) is 2. The summed E-state index contributed by atoms with van der Waals surface area (Å²) in [5.41, 5.74) is 0.149. The lowest BCUT2D eigenvalue weighted by Crippen LogP contribution is -2.54. The van der Waals surface area contributed by atoms with Crippen molar-refractivity contribution in [2.75, 3.05) is 11.5 Å². The number of benzene rings is 1. The highest BCUT2D eigenvalue weighted by Gasteiger charge is 2.48. The van der Waals surface area contributed by atoms with Gasteiger partial charge < -0.3 is 10.4 Å². The Hall–Kier alpha value is -1.49. The maximum absolute atomic E-state index is 11.9. The highest BCUT2D eigenvalue weighted by molar-refractivity contribution is 7.99. The van der Waals surface area contributed by atoms with Crippen molar-refractivity contribution in [3.05, 3.63) is 35.9 Å². The van der Waals surface area contributed by atoms with Gasteiger partial charge in [-0.25, -0.2) is 4.79 Å². The van der Waals surface area contributed by atoms with E-state index in [1.165, 1.54) is 17.3 Å². The summed E-state index contributed by atoms with van der Waals surface area (Å²) in [5, 5.41) is 12.0. The molecule has 0 radical (unpaired) electrons. The van der Waals surface area contributed by atoms with Crippen LogP contribution >= 0.6 is 11.8 Å². The summed E-state index contributed by atoms with van der Waals surface area (Å²) in [7, 11) is 0. The molecule has 1 aliphatic carbocycles. The Morgan fingerprint density at radius 3 is 2.57 bits per heavy atom. The van der Waals surface area contributed by atoms with Crippen LogP contribution in [0.15, 0.2) is 30.3 Å². The van der Waals surface area contributed by atoms with E-state index in [1.54, 1.807) is 6.92 Å². The zero-order valence-corrected chi connectivity index (χ0v) is 13.0. The van der Waals surface area contributed by atoms with Crippen LogP contribution in [-0.2, 0) is 16.0 Å². The monoisotopic (exact) mass is 307 g/mol. The molecule has 1 aromatic rings. The Morgan fingerprint density at radius 1 is 1.33 bits per heavy atom. The van der Waals surface area contributed by atoms with E-state index in [9.17, 15) is 14.7 Å². The summed E-state index contributed by atoms with van der Waals surface area (Å²) in [6.45, 7) is 1.61. The number of carbonyl (C=O) groups is 2. The average molecular weight is 307 g/mol. The third kappa shape index (κ3) is 4.49. The van der Waals surface area contributed by atoms with Gasteiger partial charge in [-0.1, -0.05) is 30.3 Å². The van der Waals surface area contributed by atoms with Crippen molar-refractivity contribution in [2.24, 2.45) is 5.92 Å². The molecule has 21 heavy (non-hydrogen) atoms. The molecule has 0 aliphatic heterocycles. The predicted molar refractivity (Wildman–Crippen MR) is 84.4 cm³/mol. The van der Waals surface area contributed by atoms with Gasteiger partial charge in [-0.05, 0) is 43.4 Å². The van der Waals surface area contributed by atoms with E-state index in [0.717, 1.165) is 25.0 Å². The number of amides is 1. The topological polar surface area (TPSA) is 66.4 Å². The van der Waals surface area contributed by atoms with Gasteiger partial charge in [0.25, 0.3) is 0 Å². The van der Waals surface area contributed by atoms with Crippen molar-refractivity contribution in [2.45, 2.75) is 31.7 Å². The van der Waals surface area contributed by atoms with Crippen molar-refractivity contribution in [1.82, 2.24) is 5.32 Å². The Balaban J connectivity index is 1.71. The number of aliphatic carboxylic acids is 1. The van der Waals surface area contributed by atoms with Gasteiger partial charge in [0.15, 0.2) is 0 Å². The number of thioether (sulfide) groups is 1. The summed E-state index contributed by atoms with van der Waals surface area (Å²) in [5.74, 6) is 0.110. The highest BCUT2D eigenvalue weighted by atomic mass is 32.2. The van der Waals surface area contributed by atoms with Crippen LogP contribution in [0.2, 0.25) is 0 Å². The summed E-state index contributed by atoms with van der Waals surface area (Å²) in [4.78, 5) is 23.2. The number of carboxylic acids is 1. The summed E-state index contributed by atoms with van der Waals surface area (Å²) < 4.78 is 0.